The zero-order valence-electron chi connectivity index (χ0n) is 12.3. The average Bonchev–Trinajstić information content (AvgIpc) is 2.70. The summed E-state index contributed by atoms with van der Waals surface area (Å²) in [5.74, 6) is 2.21. The van der Waals surface area contributed by atoms with Crippen molar-refractivity contribution in [1.29, 1.82) is 0 Å². The SMILES string of the molecule is C[C@]12CC[C@@H]3c4ccc(O)cc4CC[C@H]3[C@@H]1C[C@@H](Cl)C2=O. The van der Waals surface area contributed by atoms with Crippen LogP contribution in [0.2, 0.25) is 0 Å². The van der Waals surface area contributed by atoms with Gasteiger partial charge >= 0.3 is 0 Å². The van der Waals surface area contributed by atoms with E-state index in [1.54, 1.807) is 6.07 Å². The first-order valence-corrected chi connectivity index (χ1v) is 8.44. The predicted molar refractivity (Wildman–Crippen MR) is 82.8 cm³/mol. The normalized spacial score (nSPS) is 41.3. The Labute approximate surface area is 130 Å². The van der Waals surface area contributed by atoms with Gasteiger partial charge in [-0.05, 0) is 73.1 Å². The van der Waals surface area contributed by atoms with Crippen molar-refractivity contribution >= 4 is 17.4 Å². The molecule has 1 aromatic carbocycles. The van der Waals surface area contributed by atoms with E-state index in [-0.39, 0.29) is 16.6 Å². The predicted octanol–water partition coefficient (Wildman–Crippen LogP) is 4.03. The number of fused-ring (bicyclic) bond motifs is 5. The second-order valence-electron chi connectivity index (χ2n) is 7.32. The van der Waals surface area contributed by atoms with Crippen LogP contribution in [0.3, 0.4) is 0 Å². The summed E-state index contributed by atoms with van der Waals surface area (Å²) in [5, 5.41) is 9.41. The lowest BCUT2D eigenvalue weighted by molar-refractivity contribution is -0.129. The molecule has 2 saturated carbocycles. The van der Waals surface area contributed by atoms with Gasteiger partial charge in [-0.15, -0.1) is 11.6 Å². The van der Waals surface area contributed by atoms with Crippen molar-refractivity contribution in [3.05, 3.63) is 29.3 Å². The average molecular weight is 305 g/mol. The smallest absolute Gasteiger partial charge is 0.156 e. The number of benzene rings is 1. The van der Waals surface area contributed by atoms with Crippen molar-refractivity contribution in [1.82, 2.24) is 0 Å². The fourth-order valence-electron chi connectivity index (χ4n) is 5.32. The summed E-state index contributed by atoms with van der Waals surface area (Å²) in [5.41, 5.74) is 2.50. The van der Waals surface area contributed by atoms with E-state index in [4.69, 9.17) is 11.6 Å². The van der Waals surface area contributed by atoms with Gasteiger partial charge < -0.3 is 5.11 Å². The lowest BCUT2D eigenvalue weighted by Crippen LogP contribution is -2.42. The molecule has 4 rings (SSSR count). The monoisotopic (exact) mass is 304 g/mol. The summed E-state index contributed by atoms with van der Waals surface area (Å²) in [7, 11) is 0. The van der Waals surface area contributed by atoms with E-state index in [0.29, 0.717) is 23.5 Å². The Morgan fingerprint density at radius 3 is 2.95 bits per heavy atom. The van der Waals surface area contributed by atoms with Crippen molar-refractivity contribution in [3.63, 3.8) is 0 Å². The molecule has 112 valence electrons. The Balaban J connectivity index is 1.73. The molecule has 2 nitrogen and oxygen atoms in total. The number of phenolic OH excluding ortho intramolecular Hbond substituents is 1. The van der Waals surface area contributed by atoms with Gasteiger partial charge in [-0.2, -0.15) is 0 Å². The maximum atomic E-state index is 12.5. The van der Waals surface area contributed by atoms with Crippen LogP contribution in [0, 0.1) is 17.3 Å². The molecule has 1 aromatic rings. The molecule has 1 N–H and O–H groups in total. The Bertz CT molecular complexity index is 611. The van der Waals surface area contributed by atoms with Gasteiger partial charge in [-0.25, -0.2) is 0 Å². The number of halogens is 1. The first kappa shape index (κ1) is 13.6. The van der Waals surface area contributed by atoms with Crippen molar-refractivity contribution in [2.24, 2.45) is 17.3 Å². The number of phenols is 1. The quantitative estimate of drug-likeness (QED) is 0.735. The Morgan fingerprint density at radius 2 is 2.14 bits per heavy atom. The maximum Gasteiger partial charge on any atom is 0.156 e. The van der Waals surface area contributed by atoms with Crippen LogP contribution in [0.4, 0.5) is 0 Å². The van der Waals surface area contributed by atoms with Gasteiger partial charge in [-0.3, -0.25) is 4.79 Å². The second-order valence-corrected chi connectivity index (χ2v) is 7.85. The van der Waals surface area contributed by atoms with Crippen molar-refractivity contribution in [2.75, 3.05) is 0 Å². The number of hydrogen-bond donors (Lipinski definition) is 1. The highest BCUT2D eigenvalue weighted by atomic mass is 35.5. The number of carbonyl (C=O) groups excluding carboxylic acids is 1. The molecule has 5 atom stereocenters. The highest BCUT2D eigenvalue weighted by Gasteiger charge is 2.57. The van der Waals surface area contributed by atoms with E-state index in [0.717, 1.165) is 32.1 Å². The molecule has 3 heteroatoms. The molecular weight excluding hydrogens is 284 g/mol. The molecule has 0 amide bonds. The third-order valence-corrected chi connectivity index (χ3v) is 6.78. The van der Waals surface area contributed by atoms with Crippen LogP contribution >= 0.6 is 11.6 Å². The summed E-state index contributed by atoms with van der Waals surface area (Å²) in [4.78, 5) is 12.5. The van der Waals surface area contributed by atoms with Gasteiger partial charge in [0.1, 0.15) is 5.75 Å². The van der Waals surface area contributed by atoms with E-state index < -0.39 is 0 Å². The molecule has 21 heavy (non-hydrogen) atoms. The first-order chi connectivity index (χ1) is 10.0. The summed E-state index contributed by atoms with van der Waals surface area (Å²) >= 11 is 6.30. The minimum Gasteiger partial charge on any atom is -0.508 e. The van der Waals surface area contributed by atoms with Gasteiger partial charge in [-0.1, -0.05) is 13.0 Å². The molecule has 2 fully saturated rings. The van der Waals surface area contributed by atoms with Crippen LogP contribution < -0.4 is 0 Å². The number of aryl methyl sites for hydroxylation is 1. The van der Waals surface area contributed by atoms with E-state index in [2.05, 4.69) is 13.0 Å². The van der Waals surface area contributed by atoms with Crippen LogP contribution in [-0.2, 0) is 11.2 Å². The molecular formula is C18H21ClO2. The van der Waals surface area contributed by atoms with E-state index in [1.807, 2.05) is 6.07 Å². The van der Waals surface area contributed by atoms with Crippen LogP contribution in [0.5, 0.6) is 5.75 Å². The van der Waals surface area contributed by atoms with Crippen LogP contribution in [-0.4, -0.2) is 16.3 Å². The third-order valence-electron chi connectivity index (χ3n) is 6.41. The summed E-state index contributed by atoms with van der Waals surface area (Å²) in [6, 6.07) is 5.82. The fraction of sp³-hybridized carbons (Fsp3) is 0.611. The molecule has 3 aliphatic carbocycles. The topological polar surface area (TPSA) is 37.3 Å². The molecule has 0 heterocycles. The van der Waals surface area contributed by atoms with Gasteiger partial charge in [0, 0.05) is 5.41 Å². The van der Waals surface area contributed by atoms with E-state index in [1.165, 1.54) is 11.1 Å². The number of aromatic hydroxyl groups is 1. The highest BCUT2D eigenvalue weighted by Crippen LogP contribution is 2.60. The lowest BCUT2D eigenvalue weighted by Gasteiger charge is -2.48. The highest BCUT2D eigenvalue weighted by molar-refractivity contribution is 6.32. The Hall–Kier alpha value is -1.02. The minimum atomic E-state index is -0.278. The summed E-state index contributed by atoms with van der Waals surface area (Å²) in [6.07, 6.45) is 5.02. The third kappa shape index (κ3) is 1.81. The molecule has 3 aliphatic rings. The molecule has 0 radical (unpaired) electrons. The van der Waals surface area contributed by atoms with Crippen LogP contribution in [0.15, 0.2) is 18.2 Å². The molecule has 0 saturated heterocycles. The zero-order valence-corrected chi connectivity index (χ0v) is 13.1. The molecule has 0 unspecified atom stereocenters. The number of Topliss-reactive ketones (excluding diaryl/α,β-unsaturated/α-hetero) is 1. The molecule has 0 bridgehead atoms. The second kappa shape index (κ2) is 4.49. The molecule has 0 aromatic heterocycles. The van der Waals surface area contributed by atoms with Gasteiger partial charge in [0.15, 0.2) is 5.78 Å². The zero-order chi connectivity index (χ0) is 14.8. The summed E-state index contributed by atoms with van der Waals surface area (Å²) in [6.45, 7) is 2.14. The number of alkyl halides is 1. The van der Waals surface area contributed by atoms with Gasteiger partial charge in [0.25, 0.3) is 0 Å². The van der Waals surface area contributed by atoms with Crippen molar-refractivity contribution < 1.29 is 9.90 Å². The lowest BCUT2D eigenvalue weighted by atomic mass is 9.55. The number of carbonyl (C=O) groups is 1. The number of hydrogen-bond acceptors (Lipinski definition) is 2. The fourth-order valence-corrected chi connectivity index (χ4v) is 5.76. The van der Waals surface area contributed by atoms with Gasteiger partial charge in [0.2, 0.25) is 0 Å². The number of rotatable bonds is 0. The number of ketones is 1. The minimum absolute atomic E-state index is 0.192. The van der Waals surface area contributed by atoms with E-state index in [9.17, 15) is 9.90 Å². The van der Waals surface area contributed by atoms with Gasteiger partial charge in [0.05, 0.1) is 5.38 Å². The maximum absolute atomic E-state index is 12.5. The van der Waals surface area contributed by atoms with Crippen molar-refractivity contribution in [3.8, 4) is 5.75 Å². The van der Waals surface area contributed by atoms with Crippen molar-refractivity contribution in [2.45, 2.75) is 50.3 Å². The van der Waals surface area contributed by atoms with Crippen LogP contribution in [0.1, 0.15) is 49.7 Å². The molecule has 0 spiro atoms. The largest absolute Gasteiger partial charge is 0.508 e. The first-order valence-electron chi connectivity index (χ1n) is 8.01. The summed E-state index contributed by atoms with van der Waals surface area (Å²) < 4.78 is 0. The molecule has 0 aliphatic heterocycles. The Kier molecular flexibility index (Phi) is 2.91. The van der Waals surface area contributed by atoms with E-state index >= 15 is 0 Å². The van der Waals surface area contributed by atoms with Crippen LogP contribution in [0.25, 0.3) is 0 Å². The Morgan fingerprint density at radius 1 is 1.33 bits per heavy atom. The standard InChI is InChI=1S/C18H21ClO2/c1-18-7-6-13-12-5-3-11(20)8-10(12)2-4-14(13)15(18)9-16(19)17(18)21/h3,5,8,13-16,20H,2,4,6-7,9H2,1H3/t13-,14-,15+,16-,18+/m1/s1.